The van der Waals surface area contributed by atoms with Gasteiger partial charge in [0.1, 0.15) is 11.6 Å². The Hall–Kier alpha value is -1.60. The summed E-state index contributed by atoms with van der Waals surface area (Å²) in [6, 6.07) is 10.2. The van der Waals surface area contributed by atoms with Crippen molar-refractivity contribution in [2.45, 2.75) is 117 Å². The van der Waals surface area contributed by atoms with Crippen molar-refractivity contribution < 1.29 is 28.5 Å². The van der Waals surface area contributed by atoms with Gasteiger partial charge in [0.25, 0.3) is 0 Å². The Balaban J connectivity index is 1.92. The average molecular weight is 517 g/mol. The van der Waals surface area contributed by atoms with Crippen molar-refractivity contribution in [3.8, 4) is 0 Å². The van der Waals surface area contributed by atoms with E-state index in [4.69, 9.17) is 18.9 Å². The maximum atomic E-state index is 14.6. The number of ketones is 2. The van der Waals surface area contributed by atoms with Gasteiger partial charge in [-0.3, -0.25) is 4.79 Å². The van der Waals surface area contributed by atoms with E-state index in [-0.39, 0.29) is 41.9 Å². The van der Waals surface area contributed by atoms with Gasteiger partial charge in [-0.05, 0) is 77.2 Å². The maximum Gasteiger partial charge on any atom is 0.163 e. The fourth-order valence-electron chi connectivity index (χ4n) is 5.67. The van der Waals surface area contributed by atoms with Gasteiger partial charge in [0, 0.05) is 18.9 Å². The molecule has 1 aromatic carbocycles. The zero-order valence-corrected chi connectivity index (χ0v) is 23.8. The van der Waals surface area contributed by atoms with Crippen molar-refractivity contribution in [3.05, 3.63) is 35.9 Å². The lowest BCUT2D eigenvalue weighted by Crippen LogP contribution is -2.53. The van der Waals surface area contributed by atoms with E-state index in [2.05, 4.69) is 19.1 Å². The molecular weight excluding hydrogens is 468 g/mol. The van der Waals surface area contributed by atoms with Crippen molar-refractivity contribution in [1.82, 2.24) is 0 Å². The summed E-state index contributed by atoms with van der Waals surface area (Å²) in [6.45, 7) is 12.9. The number of hydrogen-bond acceptors (Lipinski definition) is 6. The molecule has 208 valence electrons. The highest BCUT2D eigenvalue weighted by Crippen LogP contribution is 2.40. The van der Waals surface area contributed by atoms with Crippen molar-refractivity contribution in [3.63, 3.8) is 0 Å². The topological polar surface area (TPSA) is 71.1 Å². The molecule has 0 radical (unpaired) electrons. The molecule has 2 fully saturated rings. The molecule has 2 unspecified atom stereocenters. The molecule has 37 heavy (non-hydrogen) atoms. The highest BCUT2D eigenvalue weighted by molar-refractivity contribution is 5.88. The first kappa shape index (κ1) is 29.9. The van der Waals surface area contributed by atoms with Crippen LogP contribution in [-0.2, 0) is 35.0 Å². The van der Waals surface area contributed by atoms with Gasteiger partial charge in [-0.2, -0.15) is 0 Å². The van der Waals surface area contributed by atoms with Crippen molar-refractivity contribution in [1.29, 1.82) is 0 Å². The molecule has 2 aliphatic rings. The summed E-state index contributed by atoms with van der Waals surface area (Å²) in [5.74, 6) is -0.660. The second kappa shape index (κ2) is 13.5. The molecule has 0 spiro atoms. The lowest BCUT2D eigenvalue weighted by atomic mass is 9.70. The minimum atomic E-state index is -0.728. The van der Waals surface area contributed by atoms with Crippen LogP contribution in [0.4, 0.5) is 0 Å². The van der Waals surface area contributed by atoms with E-state index in [0.717, 1.165) is 37.7 Å². The van der Waals surface area contributed by atoms with Crippen LogP contribution in [0.3, 0.4) is 0 Å². The molecule has 0 N–H and O–H groups in total. The van der Waals surface area contributed by atoms with Crippen LogP contribution in [0, 0.1) is 17.3 Å². The van der Waals surface area contributed by atoms with Crippen LogP contribution >= 0.6 is 0 Å². The van der Waals surface area contributed by atoms with Crippen molar-refractivity contribution in [2.75, 3.05) is 13.2 Å². The summed E-state index contributed by atoms with van der Waals surface area (Å²) in [5, 5.41) is 0. The second-order valence-electron chi connectivity index (χ2n) is 12.0. The summed E-state index contributed by atoms with van der Waals surface area (Å²) in [6.07, 6.45) is 5.46. The van der Waals surface area contributed by atoms with E-state index in [9.17, 15) is 9.59 Å². The van der Waals surface area contributed by atoms with Crippen LogP contribution < -0.4 is 0 Å². The summed E-state index contributed by atoms with van der Waals surface area (Å²) >= 11 is 0. The minimum absolute atomic E-state index is 0.0883. The zero-order valence-electron chi connectivity index (χ0n) is 23.8. The molecule has 2 aliphatic heterocycles. The normalized spacial score (nSPS) is 24.7. The number of ether oxygens (including phenoxy) is 4. The third-order valence-electron chi connectivity index (χ3n) is 7.92. The molecule has 1 aromatic rings. The van der Waals surface area contributed by atoms with Gasteiger partial charge in [-0.15, -0.1) is 0 Å². The Kier molecular flexibility index (Phi) is 10.9. The van der Waals surface area contributed by atoms with Gasteiger partial charge in [-0.1, -0.05) is 51.1 Å². The SMILES string of the molecule is CC(=O)CCC[C@H](C)[C@H](OC1CCCCO1)C(Cc1ccccc1)C(=O)C(C)(C)[C@@H]1CCOC(C)(C)O1. The quantitative estimate of drug-likeness (QED) is 0.307. The first-order chi connectivity index (χ1) is 17.5. The molecule has 6 heteroatoms. The number of Topliss-reactive ketones (excluding diaryl/α,β-unsaturated/α-hetero) is 2. The lowest BCUT2D eigenvalue weighted by molar-refractivity contribution is -0.289. The lowest BCUT2D eigenvalue weighted by Gasteiger charge is -2.45. The molecule has 5 atom stereocenters. The highest BCUT2D eigenvalue weighted by Gasteiger charge is 2.48. The molecule has 2 saturated heterocycles. The Morgan fingerprint density at radius 1 is 1.11 bits per heavy atom. The molecule has 0 saturated carbocycles. The molecule has 0 amide bonds. The molecule has 2 heterocycles. The van der Waals surface area contributed by atoms with Crippen LogP contribution in [0.15, 0.2) is 30.3 Å². The Labute approximate surface area is 223 Å². The molecule has 3 rings (SSSR count). The smallest absolute Gasteiger partial charge is 0.163 e. The van der Waals surface area contributed by atoms with E-state index in [1.807, 2.05) is 45.9 Å². The molecule has 6 nitrogen and oxygen atoms in total. The highest BCUT2D eigenvalue weighted by atomic mass is 16.7. The molecule has 0 aliphatic carbocycles. The fraction of sp³-hybridized carbons (Fsp3) is 0.742. The third-order valence-corrected chi connectivity index (χ3v) is 7.92. The molecule has 0 aromatic heterocycles. The zero-order chi connectivity index (χ0) is 27.1. The largest absolute Gasteiger partial charge is 0.353 e. The minimum Gasteiger partial charge on any atom is -0.353 e. The van der Waals surface area contributed by atoms with E-state index >= 15 is 0 Å². The van der Waals surface area contributed by atoms with Crippen LogP contribution in [0.2, 0.25) is 0 Å². The second-order valence-corrected chi connectivity index (χ2v) is 12.0. The van der Waals surface area contributed by atoms with E-state index < -0.39 is 11.2 Å². The number of carbonyl (C=O) groups excluding carboxylic acids is 2. The Morgan fingerprint density at radius 3 is 2.46 bits per heavy atom. The predicted molar refractivity (Wildman–Crippen MR) is 144 cm³/mol. The monoisotopic (exact) mass is 516 g/mol. The van der Waals surface area contributed by atoms with Crippen molar-refractivity contribution in [2.24, 2.45) is 17.3 Å². The standard InChI is InChI=1S/C31H48O6/c1-22(13-12-14-23(2)32)28(36-27-17-10-11-19-34-27)25(21-24-15-8-7-9-16-24)29(33)30(3,4)26-18-20-35-31(5,6)37-26/h7-9,15-16,22,25-28H,10-14,17-21H2,1-6H3/t22-,25?,26-,27?,28-/m0/s1. The van der Waals surface area contributed by atoms with E-state index in [1.54, 1.807) is 6.92 Å². The Morgan fingerprint density at radius 2 is 1.84 bits per heavy atom. The first-order valence-electron chi connectivity index (χ1n) is 14.2. The van der Waals surface area contributed by atoms with Crippen LogP contribution in [0.5, 0.6) is 0 Å². The van der Waals surface area contributed by atoms with Gasteiger partial charge < -0.3 is 23.7 Å². The van der Waals surface area contributed by atoms with Gasteiger partial charge in [-0.25, -0.2) is 0 Å². The fourth-order valence-corrected chi connectivity index (χ4v) is 5.67. The van der Waals surface area contributed by atoms with Gasteiger partial charge in [0.05, 0.1) is 24.2 Å². The summed E-state index contributed by atoms with van der Waals surface area (Å²) in [7, 11) is 0. The number of benzene rings is 1. The Bertz CT molecular complexity index is 858. The number of hydrogen-bond donors (Lipinski definition) is 0. The van der Waals surface area contributed by atoms with Gasteiger partial charge in [0.2, 0.25) is 0 Å². The van der Waals surface area contributed by atoms with E-state index in [0.29, 0.717) is 32.5 Å². The molecule has 0 bridgehead atoms. The van der Waals surface area contributed by atoms with Crippen LogP contribution in [0.25, 0.3) is 0 Å². The van der Waals surface area contributed by atoms with Gasteiger partial charge >= 0.3 is 0 Å². The van der Waals surface area contributed by atoms with Crippen LogP contribution in [0.1, 0.15) is 92.1 Å². The molecular formula is C31H48O6. The van der Waals surface area contributed by atoms with Crippen LogP contribution in [-0.4, -0.2) is 49.1 Å². The maximum absolute atomic E-state index is 14.6. The number of carbonyl (C=O) groups is 2. The van der Waals surface area contributed by atoms with Gasteiger partial charge in [0.15, 0.2) is 12.1 Å². The summed E-state index contributed by atoms with van der Waals surface area (Å²) in [4.78, 5) is 26.2. The average Bonchev–Trinajstić information content (AvgIpc) is 2.86. The predicted octanol–water partition coefficient (Wildman–Crippen LogP) is 6.29. The summed E-state index contributed by atoms with van der Waals surface area (Å²) in [5.41, 5.74) is 0.383. The third kappa shape index (κ3) is 8.71. The number of rotatable bonds is 13. The van der Waals surface area contributed by atoms with Crippen molar-refractivity contribution >= 4 is 11.6 Å². The summed E-state index contributed by atoms with van der Waals surface area (Å²) < 4.78 is 24.7. The van der Waals surface area contributed by atoms with E-state index in [1.165, 1.54) is 0 Å². The first-order valence-corrected chi connectivity index (χ1v) is 14.2.